The molecule has 0 unspecified atom stereocenters. The molecule has 0 spiro atoms. The number of rotatable bonds is 9. The summed E-state index contributed by atoms with van der Waals surface area (Å²) in [6.07, 6.45) is 0. The van der Waals surface area contributed by atoms with Crippen LogP contribution < -0.4 is 9.47 Å². The second kappa shape index (κ2) is 10.8. The van der Waals surface area contributed by atoms with Crippen molar-refractivity contribution < 1.29 is 47.6 Å². The summed E-state index contributed by atoms with van der Waals surface area (Å²) < 4.78 is 30.6. The zero-order chi connectivity index (χ0) is 25.7. The molecule has 0 atom stereocenters. The number of methoxy groups -OCH3 is 2. The second-order valence-electron chi connectivity index (χ2n) is 7.59. The summed E-state index contributed by atoms with van der Waals surface area (Å²) in [5.74, 6) is -1.71. The zero-order valence-corrected chi connectivity index (χ0v) is 19.5. The van der Waals surface area contributed by atoms with Crippen LogP contribution in [0.5, 0.6) is 11.5 Å². The molecular formula is C26H22O10. The van der Waals surface area contributed by atoms with E-state index in [2.05, 4.69) is 9.47 Å². The lowest BCUT2D eigenvalue weighted by Crippen LogP contribution is -2.12. The number of hydrogen-bond acceptors (Lipinski definition) is 10. The van der Waals surface area contributed by atoms with E-state index in [0.717, 1.165) is 0 Å². The van der Waals surface area contributed by atoms with Crippen LogP contribution in [-0.2, 0) is 38.1 Å². The summed E-state index contributed by atoms with van der Waals surface area (Å²) in [4.78, 5) is 47.3. The molecule has 4 rings (SSSR count). The highest BCUT2D eigenvalue weighted by Gasteiger charge is 2.33. The van der Waals surface area contributed by atoms with Crippen LogP contribution in [0.15, 0.2) is 59.7 Å². The van der Waals surface area contributed by atoms with Crippen molar-refractivity contribution in [2.75, 3.05) is 40.6 Å². The fourth-order valence-electron chi connectivity index (χ4n) is 3.71. The Kier molecular flexibility index (Phi) is 7.33. The van der Waals surface area contributed by atoms with Gasteiger partial charge < -0.3 is 28.4 Å². The maximum atomic E-state index is 11.9. The van der Waals surface area contributed by atoms with Gasteiger partial charge in [0, 0.05) is 11.1 Å². The van der Waals surface area contributed by atoms with Crippen molar-refractivity contribution in [3.63, 3.8) is 0 Å². The molecule has 10 heteroatoms. The van der Waals surface area contributed by atoms with E-state index in [1.54, 1.807) is 48.5 Å². The normalized spacial score (nSPS) is 14.9. The van der Waals surface area contributed by atoms with Crippen LogP contribution in [0, 0.1) is 0 Å². The zero-order valence-electron chi connectivity index (χ0n) is 19.5. The Morgan fingerprint density at radius 1 is 0.667 bits per heavy atom. The first-order valence-electron chi connectivity index (χ1n) is 10.9. The molecule has 10 nitrogen and oxygen atoms in total. The summed E-state index contributed by atoms with van der Waals surface area (Å²) in [7, 11) is 2.41. The maximum absolute atomic E-state index is 11.9. The monoisotopic (exact) mass is 494 g/mol. The minimum Gasteiger partial charge on any atom is -0.490 e. The smallest absolute Gasteiger partial charge is 0.346 e. The van der Waals surface area contributed by atoms with E-state index in [1.165, 1.54) is 14.2 Å². The van der Waals surface area contributed by atoms with Crippen LogP contribution in [-0.4, -0.2) is 64.5 Å². The molecule has 2 heterocycles. The maximum Gasteiger partial charge on any atom is 0.346 e. The van der Waals surface area contributed by atoms with Gasteiger partial charge in [-0.25, -0.2) is 19.2 Å². The summed E-state index contributed by atoms with van der Waals surface area (Å²) in [6, 6.07) is 13.8. The number of esters is 4. The van der Waals surface area contributed by atoms with Gasteiger partial charge >= 0.3 is 23.9 Å². The Bertz CT molecular complexity index is 1150. The van der Waals surface area contributed by atoms with Gasteiger partial charge in [0.2, 0.25) is 0 Å². The lowest BCUT2D eigenvalue weighted by Gasteiger charge is -2.10. The van der Waals surface area contributed by atoms with Crippen molar-refractivity contribution in [1.82, 2.24) is 0 Å². The molecule has 2 aromatic rings. The van der Waals surface area contributed by atoms with E-state index in [1.807, 2.05) is 0 Å². The first-order valence-corrected chi connectivity index (χ1v) is 10.9. The molecule has 0 radical (unpaired) electrons. The van der Waals surface area contributed by atoms with E-state index >= 15 is 0 Å². The summed E-state index contributed by atoms with van der Waals surface area (Å²) in [5, 5.41) is 0. The fraction of sp³-hybridized carbons (Fsp3) is 0.231. The molecule has 36 heavy (non-hydrogen) atoms. The van der Waals surface area contributed by atoms with Crippen molar-refractivity contribution in [3.05, 3.63) is 70.8 Å². The molecule has 2 aliphatic heterocycles. The molecule has 186 valence electrons. The average molecular weight is 494 g/mol. The fourth-order valence-corrected chi connectivity index (χ4v) is 3.71. The molecular weight excluding hydrogens is 472 g/mol. The lowest BCUT2D eigenvalue weighted by atomic mass is 10.0. The highest BCUT2D eigenvalue weighted by Crippen LogP contribution is 2.29. The topological polar surface area (TPSA) is 124 Å². The van der Waals surface area contributed by atoms with E-state index < -0.39 is 23.9 Å². The summed E-state index contributed by atoms with van der Waals surface area (Å²) in [6.45, 7) is 0.527. The van der Waals surface area contributed by atoms with E-state index in [4.69, 9.17) is 18.9 Å². The highest BCUT2D eigenvalue weighted by atomic mass is 16.6. The molecule has 0 amide bonds. The Balaban J connectivity index is 1.31. The number of cyclic esters (lactones) is 2. The van der Waals surface area contributed by atoms with E-state index in [0.29, 0.717) is 33.8 Å². The third kappa shape index (κ3) is 5.07. The van der Waals surface area contributed by atoms with Crippen LogP contribution in [0.25, 0.3) is 11.1 Å². The molecule has 0 N–H and O–H groups in total. The van der Waals surface area contributed by atoms with Crippen LogP contribution in [0.3, 0.4) is 0 Å². The Morgan fingerprint density at radius 2 is 1.03 bits per heavy atom. The molecule has 0 saturated heterocycles. The van der Waals surface area contributed by atoms with Crippen molar-refractivity contribution in [2.45, 2.75) is 0 Å². The molecule has 0 aromatic heterocycles. The van der Waals surface area contributed by atoms with Gasteiger partial charge in [-0.05, 0) is 35.4 Å². The number of hydrogen-bond donors (Lipinski definition) is 0. The SMILES string of the molecule is COC(=O)C1=C(c2ccc(OCCOc3ccc(C4=C(C(=O)OC)C(=O)OC4)cc3)cc2)COC1=O. The number of carbonyl (C=O) groups excluding carboxylic acids is 4. The average Bonchev–Trinajstić information content (AvgIpc) is 3.49. The van der Waals surface area contributed by atoms with Gasteiger partial charge in [-0.15, -0.1) is 0 Å². The molecule has 0 fully saturated rings. The predicted molar refractivity (Wildman–Crippen MR) is 124 cm³/mol. The van der Waals surface area contributed by atoms with Crippen molar-refractivity contribution in [3.8, 4) is 11.5 Å². The van der Waals surface area contributed by atoms with Crippen molar-refractivity contribution in [1.29, 1.82) is 0 Å². The lowest BCUT2D eigenvalue weighted by molar-refractivity contribution is -0.144. The van der Waals surface area contributed by atoms with Gasteiger partial charge in [0.1, 0.15) is 37.9 Å². The van der Waals surface area contributed by atoms with Gasteiger partial charge in [-0.2, -0.15) is 0 Å². The second-order valence-corrected chi connectivity index (χ2v) is 7.59. The number of carbonyl (C=O) groups is 4. The van der Waals surface area contributed by atoms with Crippen LogP contribution in [0.4, 0.5) is 0 Å². The van der Waals surface area contributed by atoms with Gasteiger partial charge in [0.15, 0.2) is 11.1 Å². The van der Waals surface area contributed by atoms with E-state index in [9.17, 15) is 19.2 Å². The Morgan fingerprint density at radius 3 is 1.36 bits per heavy atom. The van der Waals surface area contributed by atoms with Gasteiger partial charge in [0.05, 0.1) is 14.2 Å². The molecule has 0 bridgehead atoms. The van der Waals surface area contributed by atoms with Crippen LogP contribution in [0.2, 0.25) is 0 Å². The van der Waals surface area contributed by atoms with E-state index in [-0.39, 0.29) is 37.6 Å². The van der Waals surface area contributed by atoms with Crippen molar-refractivity contribution in [2.24, 2.45) is 0 Å². The van der Waals surface area contributed by atoms with Gasteiger partial charge in [0.25, 0.3) is 0 Å². The highest BCUT2D eigenvalue weighted by molar-refractivity contribution is 6.22. The van der Waals surface area contributed by atoms with Gasteiger partial charge in [-0.1, -0.05) is 24.3 Å². The quantitative estimate of drug-likeness (QED) is 0.222. The number of ether oxygens (including phenoxy) is 6. The molecule has 0 aliphatic carbocycles. The Labute approximate surface area is 206 Å². The van der Waals surface area contributed by atoms with Crippen LogP contribution in [0.1, 0.15) is 11.1 Å². The molecule has 2 aromatic carbocycles. The first kappa shape index (κ1) is 24.5. The minimum atomic E-state index is -0.733. The molecule has 2 aliphatic rings. The standard InChI is InChI=1S/C26H22O10/c1-31-23(27)21-19(13-35-25(21)29)15-3-7-17(8-4-15)33-11-12-34-18-9-5-16(6-10-18)20-14-36-26(30)22(20)24(28)32-2/h3-10H,11-14H2,1-2H3. The largest absolute Gasteiger partial charge is 0.490 e. The van der Waals surface area contributed by atoms with Gasteiger partial charge in [-0.3, -0.25) is 0 Å². The number of benzene rings is 2. The van der Waals surface area contributed by atoms with Crippen LogP contribution >= 0.6 is 0 Å². The molecule has 0 saturated carbocycles. The third-order valence-electron chi connectivity index (χ3n) is 5.51. The summed E-state index contributed by atoms with van der Waals surface area (Å²) >= 11 is 0. The van der Waals surface area contributed by atoms with Crippen molar-refractivity contribution >= 4 is 35.0 Å². The minimum absolute atomic E-state index is 0.000713. The Hall–Kier alpha value is -4.60. The summed E-state index contributed by atoms with van der Waals surface area (Å²) in [5.41, 5.74) is 2.04. The first-order chi connectivity index (χ1) is 17.4. The predicted octanol–water partition coefficient (Wildman–Crippen LogP) is 2.11. The third-order valence-corrected chi connectivity index (χ3v) is 5.51.